The second-order valence-electron chi connectivity index (χ2n) is 5.91. The second kappa shape index (κ2) is 7.42. The first-order valence-electron chi connectivity index (χ1n) is 8.37. The van der Waals surface area contributed by atoms with Crippen molar-refractivity contribution in [2.24, 2.45) is 0 Å². The van der Waals surface area contributed by atoms with Crippen molar-refractivity contribution in [1.29, 1.82) is 0 Å². The van der Waals surface area contributed by atoms with Crippen LogP contribution in [0.3, 0.4) is 0 Å². The van der Waals surface area contributed by atoms with E-state index in [-0.39, 0.29) is 12.1 Å². The number of carbonyl (C=O) groups is 1. The number of methoxy groups -OCH3 is 1. The molecular formula is C17H23N5O3. The van der Waals surface area contributed by atoms with Gasteiger partial charge in [-0.05, 0) is 32.4 Å². The summed E-state index contributed by atoms with van der Waals surface area (Å²) >= 11 is 0. The number of urea groups is 1. The van der Waals surface area contributed by atoms with Gasteiger partial charge in [0.1, 0.15) is 11.6 Å². The Labute approximate surface area is 146 Å². The van der Waals surface area contributed by atoms with Crippen molar-refractivity contribution in [3.8, 4) is 11.5 Å². The first-order chi connectivity index (χ1) is 12.1. The lowest BCUT2D eigenvalue weighted by molar-refractivity contribution is 0.244. The van der Waals surface area contributed by atoms with E-state index in [2.05, 4.69) is 20.8 Å². The summed E-state index contributed by atoms with van der Waals surface area (Å²) in [6, 6.07) is 5.12. The number of ether oxygens (including phenoxy) is 2. The van der Waals surface area contributed by atoms with Crippen molar-refractivity contribution in [3.05, 3.63) is 29.8 Å². The highest BCUT2D eigenvalue weighted by Crippen LogP contribution is 2.30. The molecule has 3 rings (SSSR count). The zero-order chi connectivity index (χ0) is 17.8. The molecule has 1 unspecified atom stereocenters. The van der Waals surface area contributed by atoms with Crippen molar-refractivity contribution in [2.45, 2.75) is 39.3 Å². The summed E-state index contributed by atoms with van der Waals surface area (Å²) in [6.45, 7) is 5.07. The van der Waals surface area contributed by atoms with Gasteiger partial charge in [0.15, 0.2) is 11.5 Å². The Morgan fingerprint density at radius 3 is 2.96 bits per heavy atom. The summed E-state index contributed by atoms with van der Waals surface area (Å²) in [5, 5.41) is 14.1. The van der Waals surface area contributed by atoms with Crippen LogP contribution < -0.4 is 20.1 Å². The maximum atomic E-state index is 12.3. The summed E-state index contributed by atoms with van der Waals surface area (Å²) in [4.78, 5) is 12.3. The van der Waals surface area contributed by atoms with Gasteiger partial charge in [0.2, 0.25) is 0 Å². The molecule has 2 amide bonds. The molecule has 8 nitrogen and oxygen atoms in total. The number of benzene rings is 1. The molecule has 0 radical (unpaired) electrons. The van der Waals surface area contributed by atoms with E-state index in [1.165, 1.54) is 0 Å². The van der Waals surface area contributed by atoms with Crippen LogP contribution in [0.4, 0.5) is 10.5 Å². The van der Waals surface area contributed by atoms with E-state index in [0.717, 1.165) is 24.5 Å². The Hall–Kier alpha value is -2.77. The van der Waals surface area contributed by atoms with Crippen LogP contribution in [-0.4, -0.2) is 40.6 Å². The first kappa shape index (κ1) is 17.1. The zero-order valence-electron chi connectivity index (χ0n) is 14.7. The third-order valence-corrected chi connectivity index (χ3v) is 4.19. The van der Waals surface area contributed by atoms with Gasteiger partial charge >= 0.3 is 6.03 Å². The summed E-state index contributed by atoms with van der Waals surface area (Å²) in [7, 11) is 1.57. The Morgan fingerprint density at radius 1 is 1.36 bits per heavy atom. The van der Waals surface area contributed by atoms with Crippen LogP contribution in [0.25, 0.3) is 0 Å². The fraction of sp³-hybridized carbons (Fsp3) is 0.471. The predicted octanol–water partition coefficient (Wildman–Crippen LogP) is 2.13. The predicted molar refractivity (Wildman–Crippen MR) is 93.2 cm³/mol. The van der Waals surface area contributed by atoms with Gasteiger partial charge in [-0.2, -0.15) is 0 Å². The fourth-order valence-corrected chi connectivity index (χ4v) is 2.95. The number of aryl methyl sites for hydroxylation is 2. The molecule has 25 heavy (non-hydrogen) atoms. The molecule has 1 aliphatic rings. The summed E-state index contributed by atoms with van der Waals surface area (Å²) in [6.07, 6.45) is 1.65. The topological polar surface area (TPSA) is 90.3 Å². The summed E-state index contributed by atoms with van der Waals surface area (Å²) < 4.78 is 12.8. The number of hydrogen-bond acceptors (Lipinski definition) is 5. The van der Waals surface area contributed by atoms with Crippen molar-refractivity contribution < 1.29 is 14.3 Å². The van der Waals surface area contributed by atoms with Gasteiger partial charge in [0.05, 0.1) is 13.7 Å². The molecule has 0 saturated heterocycles. The number of nitrogens with one attached hydrogen (secondary N) is 2. The van der Waals surface area contributed by atoms with E-state index in [9.17, 15) is 4.79 Å². The van der Waals surface area contributed by atoms with Gasteiger partial charge in [-0.1, -0.05) is 0 Å². The number of hydrogen-bond donors (Lipinski definition) is 2. The highest BCUT2D eigenvalue weighted by Gasteiger charge is 2.22. The molecule has 0 saturated carbocycles. The smallest absolute Gasteiger partial charge is 0.319 e. The number of anilines is 1. The molecule has 1 atom stereocenters. The lowest BCUT2D eigenvalue weighted by Gasteiger charge is -2.25. The van der Waals surface area contributed by atoms with E-state index in [4.69, 9.17) is 9.47 Å². The van der Waals surface area contributed by atoms with Gasteiger partial charge in [0.25, 0.3) is 0 Å². The van der Waals surface area contributed by atoms with Crippen molar-refractivity contribution >= 4 is 11.7 Å². The van der Waals surface area contributed by atoms with Crippen LogP contribution in [0.15, 0.2) is 18.2 Å². The van der Waals surface area contributed by atoms with Gasteiger partial charge < -0.3 is 24.7 Å². The Morgan fingerprint density at radius 2 is 2.20 bits per heavy atom. The Kier molecular flexibility index (Phi) is 5.06. The van der Waals surface area contributed by atoms with Crippen LogP contribution in [0, 0.1) is 6.92 Å². The van der Waals surface area contributed by atoms with E-state index in [0.29, 0.717) is 30.3 Å². The maximum Gasteiger partial charge on any atom is 0.319 e. The molecule has 2 aromatic rings. The van der Waals surface area contributed by atoms with Crippen molar-refractivity contribution in [3.63, 3.8) is 0 Å². The van der Waals surface area contributed by atoms with Gasteiger partial charge in [-0.3, -0.25) is 0 Å². The standard InChI is InChI=1S/C17H23N5O3/c1-4-25-14-7-5-12(9-15(14)24-3)18-17(23)19-13-6-8-16-21-20-11(2)22(16)10-13/h5,7,9,13H,4,6,8,10H2,1-3H3,(H2,18,19,23). The van der Waals surface area contributed by atoms with Crippen LogP contribution in [0.1, 0.15) is 25.0 Å². The average Bonchev–Trinajstić information content (AvgIpc) is 2.97. The van der Waals surface area contributed by atoms with Crippen LogP contribution in [0.5, 0.6) is 11.5 Å². The number of fused-ring (bicyclic) bond motifs is 1. The number of aromatic nitrogens is 3. The summed E-state index contributed by atoms with van der Waals surface area (Å²) in [5.74, 6) is 3.09. The third kappa shape index (κ3) is 3.84. The lowest BCUT2D eigenvalue weighted by atomic mass is 10.1. The largest absolute Gasteiger partial charge is 0.493 e. The highest BCUT2D eigenvalue weighted by atomic mass is 16.5. The molecule has 1 aliphatic heterocycles. The molecule has 2 N–H and O–H groups in total. The van der Waals surface area contributed by atoms with Crippen LogP contribution >= 0.6 is 0 Å². The quantitative estimate of drug-likeness (QED) is 0.866. The molecule has 8 heteroatoms. The number of rotatable bonds is 5. The normalized spacial score (nSPS) is 16.0. The molecule has 1 aromatic carbocycles. The Bertz CT molecular complexity index is 759. The monoisotopic (exact) mass is 345 g/mol. The van der Waals surface area contributed by atoms with Crippen molar-refractivity contribution in [1.82, 2.24) is 20.1 Å². The van der Waals surface area contributed by atoms with Crippen molar-refractivity contribution in [2.75, 3.05) is 19.0 Å². The highest BCUT2D eigenvalue weighted by molar-refractivity contribution is 5.89. The minimum Gasteiger partial charge on any atom is -0.493 e. The minimum absolute atomic E-state index is 0.0480. The molecule has 0 spiro atoms. The number of nitrogens with zero attached hydrogens (tertiary/aromatic N) is 3. The zero-order valence-corrected chi connectivity index (χ0v) is 14.7. The summed E-state index contributed by atoms with van der Waals surface area (Å²) in [5.41, 5.74) is 0.648. The molecule has 0 bridgehead atoms. The van der Waals surface area contributed by atoms with Crippen LogP contribution in [-0.2, 0) is 13.0 Å². The van der Waals surface area contributed by atoms with E-state index < -0.39 is 0 Å². The molecule has 0 aliphatic carbocycles. The molecule has 1 aromatic heterocycles. The lowest BCUT2D eigenvalue weighted by Crippen LogP contribution is -2.43. The third-order valence-electron chi connectivity index (χ3n) is 4.19. The number of amides is 2. The average molecular weight is 345 g/mol. The van der Waals surface area contributed by atoms with Gasteiger partial charge in [-0.25, -0.2) is 4.79 Å². The SMILES string of the molecule is CCOc1ccc(NC(=O)NC2CCc3nnc(C)n3C2)cc1OC. The Balaban J connectivity index is 1.60. The molecular weight excluding hydrogens is 322 g/mol. The van der Waals surface area contributed by atoms with Crippen LogP contribution in [0.2, 0.25) is 0 Å². The minimum atomic E-state index is -0.245. The second-order valence-corrected chi connectivity index (χ2v) is 5.91. The van der Waals surface area contributed by atoms with E-state index >= 15 is 0 Å². The fourth-order valence-electron chi connectivity index (χ4n) is 2.95. The molecule has 2 heterocycles. The maximum absolute atomic E-state index is 12.3. The molecule has 134 valence electrons. The van der Waals surface area contributed by atoms with Gasteiger partial charge in [-0.15, -0.1) is 10.2 Å². The van der Waals surface area contributed by atoms with E-state index in [1.54, 1.807) is 25.3 Å². The first-order valence-corrected chi connectivity index (χ1v) is 8.37. The van der Waals surface area contributed by atoms with Gasteiger partial charge in [0, 0.05) is 30.8 Å². The molecule has 0 fully saturated rings. The number of carbonyl (C=O) groups excluding carboxylic acids is 1. The van der Waals surface area contributed by atoms with E-state index in [1.807, 2.05) is 18.4 Å².